The molecular weight excluding hydrogens is 558 g/mol. The van der Waals surface area contributed by atoms with Crippen molar-refractivity contribution in [1.82, 2.24) is 19.6 Å². The number of piperazine rings is 1. The third-order valence-electron chi connectivity index (χ3n) is 5.98. The fourth-order valence-electron chi connectivity index (χ4n) is 3.88. The summed E-state index contributed by atoms with van der Waals surface area (Å²) in [6.07, 6.45) is 2.49. The lowest BCUT2D eigenvalue weighted by Gasteiger charge is -2.34. The van der Waals surface area contributed by atoms with E-state index in [4.69, 9.17) is 4.74 Å². The van der Waals surface area contributed by atoms with Gasteiger partial charge in [-0.2, -0.15) is 4.98 Å². The molecule has 0 radical (unpaired) electrons. The van der Waals surface area contributed by atoms with E-state index in [2.05, 4.69) is 77.2 Å². The maximum Gasteiger partial charge on any atom is 0.242 e. The number of hydrogen-bond acceptors (Lipinski definition) is 9. The largest absolute Gasteiger partial charge is 0.491 e. The smallest absolute Gasteiger partial charge is 0.242 e. The van der Waals surface area contributed by atoms with Gasteiger partial charge >= 0.3 is 0 Å². The Morgan fingerprint density at radius 2 is 1.81 bits per heavy atom. The molecule has 0 unspecified atom stereocenters. The van der Waals surface area contributed by atoms with Crippen LogP contribution in [0.15, 0.2) is 58.0 Å². The highest BCUT2D eigenvalue weighted by atomic mass is 79.9. The SMILES string of the molecule is CCCOc1cc(N2CCN(C)CC2)ccc1Nc1ncc(Br)c(Nc2ccccc2S(=O)(=O)NC)n1. The van der Waals surface area contributed by atoms with E-state index < -0.39 is 10.0 Å². The van der Waals surface area contributed by atoms with Gasteiger partial charge < -0.3 is 25.2 Å². The lowest BCUT2D eigenvalue weighted by molar-refractivity contribution is 0.311. The molecule has 3 aromatic rings. The average molecular weight is 591 g/mol. The summed E-state index contributed by atoms with van der Waals surface area (Å²) in [6.45, 7) is 6.63. The van der Waals surface area contributed by atoms with Crippen LogP contribution in [0.1, 0.15) is 13.3 Å². The van der Waals surface area contributed by atoms with Crippen LogP contribution < -0.4 is 25.0 Å². The van der Waals surface area contributed by atoms with Gasteiger partial charge in [-0.05, 0) is 60.7 Å². The van der Waals surface area contributed by atoms with Gasteiger partial charge in [0, 0.05) is 44.1 Å². The summed E-state index contributed by atoms with van der Waals surface area (Å²) in [6, 6.07) is 12.7. The molecule has 3 N–H and O–H groups in total. The van der Waals surface area contributed by atoms with Crippen LogP contribution >= 0.6 is 15.9 Å². The van der Waals surface area contributed by atoms with E-state index in [0.29, 0.717) is 28.5 Å². The molecule has 1 aliphatic rings. The number of sulfonamides is 1. The fourth-order valence-corrected chi connectivity index (χ4v) is 5.06. The van der Waals surface area contributed by atoms with Gasteiger partial charge in [0.2, 0.25) is 16.0 Å². The van der Waals surface area contributed by atoms with Crippen molar-refractivity contribution in [3.8, 4) is 5.75 Å². The van der Waals surface area contributed by atoms with Crippen LogP contribution in [0.3, 0.4) is 0 Å². The zero-order chi connectivity index (χ0) is 26.4. The molecule has 0 saturated carbocycles. The van der Waals surface area contributed by atoms with Crippen LogP contribution in [0.5, 0.6) is 5.75 Å². The summed E-state index contributed by atoms with van der Waals surface area (Å²) in [7, 11) is -0.146. The number of hydrogen-bond donors (Lipinski definition) is 3. The number of nitrogens with one attached hydrogen (secondary N) is 3. The van der Waals surface area contributed by atoms with Crippen molar-refractivity contribution in [3.05, 3.63) is 53.1 Å². The van der Waals surface area contributed by atoms with Crippen molar-refractivity contribution >= 4 is 54.8 Å². The fraction of sp³-hybridized carbons (Fsp3) is 0.360. The van der Waals surface area contributed by atoms with Crippen LogP contribution in [0.4, 0.5) is 28.8 Å². The lowest BCUT2D eigenvalue weighted by Crippen LogP contribution is -2.44. The van der Waals surface area contributed by atoms with Crippen molar-refractivity contribution in [1.29, 1.82) is 0 Å². The Kier molecular flexibility index (Phi) is 8.85. The van der Waals surface area contributed by atoms with Gasteiger partial charge in [0.1, 0.15) is 16.5 Å². The number of ether oxygens (including phenoxy) is 1. The molecule has 0 amide bonds. The first kappa shape index (κ1) is 27.1. The molecule has 1 aliphatic heterocycles. The summed E-state index contributed by atoms with van der Waals surface area (Å²) in [4.78, 5) is 13.8. The summed E-state index contributed by atoms with van der Waals surface area (Å²) >= 11 is 3.46. The first-order valence-electron chi connectivity index (χ1n) is 12.1. The standard InChI is InChI=1S/C25H32BrN7O3S/c1-4-15-36-22-16-18(33-13-11-32(3)12-14-33)9-10-20(22)30-25-28-17-19(26)24(31-25)29-21-7-5-6-8-23(21)37(34,35)27-2/h5-10,16-17,27H,4,11-15H2,1-3H3,(H2,28,29,30,31). The quantitative estimate of drug-likeness (QED) is 0.320. The Morgan fingerprint density at radius 1 is 1.05 bits per heavy atom. The maximum absolute atomic E-state index is 12.5. The Balaban J connectivity index is 1.60. The number of benzene rings is 2. The van der Waals surface area contributed by atoms with Crippen molar-refractivity contribution < 1.29 is 13.2 Å². The van der Waals surface area contributed by atoms with Gasteiger partial charge in [0.15, 0.2) is 0 Å². The molecule has 0 bridgehead atoms. The van der Waals surface area contributed by atoms with Gasteiger partial charge in [0.25, 0.3) is 0 Å². The van der Waals surface area contributed by atoms with Crippen molar-refractivity contribution in [2.75, 3.05) is 62.4 Å². The molecule has 1 fully saturated rings. The van der Waals surface area contributed by atoms with E-state index in [-0.39, 0.29) is 4.90 Å². The van der Waals surface area contributed by atoms with E-state index in [1.165, 1.54) is 13.1 Å². The van der Waals surface area contributed by atoms with E-state index in [1.807, 2.05) is 6.07 Å². The molecule has 4 rings (SSSR count). The Hall–Kier alpha value is -2.93. The third kappa shape index (κ3) is 6.69. The monoisotopic (exact) mass is 589 g/mol. The van der Waals surface area contributed by atoms with Crippen molar-refractivity contribution in [2.45, 2.75) is 18.2 Å². The van der Waals surface area contributed by atoms with Gasteiger partial charge in [-0.3, -0.25) is 0 Å². The molecule has 0 aliphatic carbocycles. The number of halogens is 1. The topological polar surface area (TPSA) is 112 Å². The van der Waals surface area contributed by atoms with E-state index in [9.17, 15) is 8.42 Å². The third-order valence-corrected chi connectivity index (χ3v) is 8.04. The number of para-hydroxylation sites is 1. The Morgan fingerprint density at radius 3 is 2.54 bits per heavy atom. The molecule has 12 heteroatoms. The maximum atomic E-state index is 12.5. The number of likely N-dealkylation sites (N-methyl/N-ethyl adjacent to an activating group) is 1. The van der Waals surface area contributed by atoms with Gasteiger partial charge in [-0.1, -0.05) is 19.1 Å². The van der Waals surface area contributed by atoms with Crippen LogP contribution in [0.2, 0.25) is 0 Å². The van der Waals surface area contributed by atoms with E-state index >= 15 is 0 Å². The second-order valence-electron chi connectivity index (χ2n) is 8.66. The average Bonchev–Trinajstić information content (AvgIpc) is 2.90. The molecule has 10 nitrogen and oxygen atoms in total. The summed E-state index contributed by atoms with van der Waals surface area (Å²) in [5.41, 5.74) is 2.26. The molecular formula is C25H32BrN7O3S. The second-order valence-corrected chi connectivity index (χ2v) is 11.4. The Labute approximate surface area is 226 Å². The van der Waals surface area contributed by atoms with Gasteiger partial charge in [0.05, 0.1) is 22.5 Å². The molecule has 0 atom stereocenters. The number of anilines is 5. The molecule has 0 spiro atoms. The normalized spacial score (nSPS) is 14.4. The van der Waals surface area contributed by atoms with Crippen LogP contribution in [0, 0.1) is 0 Å². The van der Waals surface area contributed by atoms with Crippen molar-refractivity contribution in [2.24, 2.45) is 0 Å². The van der Waals surface area contributed by atoms with Gasteiger partial charge in [-0.15, -0.1) is 0 Å². The van der Waals surface area contributed by atoms with Gasteiger partial charge in [-0.25, -0.2) is 18.1 Å². The molecule has 198 valence electrons. The molecule has 1 saturated heterocycles. The zero-order valence-electron chi connectivity index (χ0n) is 21.2. The van der Waals surface area contributed by atoms with Crippen LogP contribution in [-0.2, 0) is 10.0 Å². The molecule has 2 heterocycles. The first-order valence-corrected chi connectivity index (χ1v) is 14.4. The minimum absolute atomic E-state index is 0.118. The number of rotatable bonds is 10. The predicted octanol–water partition coefficient (Wildman–Crippen LogP) is 4.18. The second kappa shape index (κ2) is 12.1. The van der Waals surface area contributed by atoms with E-state index in [1.54, 1.807) is 24.4 Å². The van der Waals surface area contributed by atoms with Crippen molar-refractivity contribution in [3.63, 3.8) is 0 Å². The predicted molar refractivity (Wildman–Crippen MR) is 151 cm³/mol. The van der Waals surface area contributed by atoms with Crippen LogP contribution in [0.25, 0.3) is 0 Å². The Bertz CT molecular complexity index is 1330. The van der Waals surface area contributed by atoms with Crippen LogP contribution in [-0.4, -0.2) is 70.2 Å². The number of nitrogens with zero attached hydrogens (tertiary/aromatic N) is 4. The minimum atomic E-state index is -3.66. The highest BCUT2D eigenvalue weighted by Crippen LogP contribution is 2.34. The number of aromatic nitrogens is 2. The molecule has 1 aromatic heterocycles. The first-order chi connectivity index (χ1) is 17.8. The summed E-state index contributed by atoms with van der Waals surface area (Å²) in [5, 5.41) is 6.38. The minimum Gasteiger partial charge on any atom is -0.491 e. The molecule has 2 aromatic carbocycles. The zero-order valence-corrected chi connectivity index (χ0v) is 23.6. The lowest BCUT2D eigenvalue weighted by atomic mass is 10.2. The summed E-state index contributed by atoms with van der Waals surface area (Å²) < 4.78 is 33.9. The highest BCUT2D eigenvalue weighted by Gasteiger charge is 2.19. The van der Waals surface area contributed by atoms with E-state index in [0.717, 1.165) is 49.7 Å². The summed E-state index contributed by atoms with van der Waals surface area (Å²) in [5.74, 6) is 1.49. The highest BCUT2D eigenvalue weighted by molar-refractivity contribution is 9.10. The molecule has 37 heavy (non-hydrogen) atoms.